The summed E-state index contributed by atoms with van der Waals surface area (Å²) < 4.78 is 0. The standard InChI is InChI=1S/C19H18Cl2N2O/c20-17-2-1-15(9-18(17)21)23-19(24)14-7-11-5-12-3-4-22-10-16(12)13(6-11)8-14/h1-4,9-11,13-14H,5-8H2,(H,23,24)/t11-,13+,14?/m1/s1. The molecule has 2 bridgehead atoms. The van der Waals surface area contributed by atoms with Crippen LogP contribution in [0, 0.1) is 11.8 Å². The van der Waals surface area contributed by atoms with Gasteiger partial charge in [0, 0.05) is 24.0 Å². The Balaban J connectivity index is 1.50. The third kappa shape index (κ3) is 3.03. The molecule has 1 aromatic carbocycles. The average Bonchev–Trinajstić information content (AvgIpc) is 2.58. The van der Waals surface area contributed by atoms with Crippen molar-refractivity contribution in [2.75, 3.05) is 5.32 Å². The highest BCUT2D eigenvalue weighted by molar-refractivity contribution is 6.42. The Morgan fingerprint density at radius 2 is 2.00 bits per heavy atom. The minimum absolute atomic E-state index is 0.0385. The molecule has 2 aliphatic carbocycles. The minimum Gasteiger partial charge on any atom is -0.326 e. The van der Waals surface area contributed by atoms with Crippen LogP contribution in [0.25, 0.3) is 0 Å². The van der Waals surface area contributed by atoms with Gasteiger partial charge in [0.05, 0.1) is 10.0 Å². The lowest BCUT2D eigenvalue weighted by Gasteiger charge is -2.39. The molecule has 1 N–H and O–H groups in total. The molecule has 0 aliphatic heterocycles. The molecule has 3 atom stereocenters. The van der Waals surface area contributed by atoms with Crippen molar-refractivity contribution < 1.29 is 4.79 Å². The molecule has 1 heterocycles. The molecule has 1 amide bonds. The van der Waals surface area contributed by atoms with Gasteiger partial charge < -0.3 is 5.32 Å². The molecule has 4 rings (SSSR count). The van der Waals surface area contributed by atoms with Crippen LogP contribution in [0.5, 0.6) is 0 Å². The number of pyridine rings is 1. The van der Waals surface area contributed by atoms with E-state index in [1.165, 1.54) is 17.5 Å². The predicted octanol–water partition coefficient (Wildman–Crippen LogP) is 5.08. The minimum atomic E-state index is 0.0385. The van der Waals surface area contributed by atoms with E-state index in [0.717, 1.165) is 19.3 Å². The van der Waals surface area contributed by atoms with Crippen LogP contribution >= 0.6 is 23.2 Å². The fourth-order valence-corrected chi connectivity index (χ4v) is 4.49. The number of benzene rings is 1. The van der Waals surface area contributed by atoms with Gasteiger partial charge in [-0.3, -0.25) is 9.78 Å². The summed E-state index contributed by atoms with van der Waals surface area (Å²) in [6.45, 7) is 0. The van der Waals surface area contributed by atoms with Gasteiger partial charge in [0.25, 0.3) is 0 Å². The third-order valence-corrected chi connectivity index (χ3v) is 6.00. The van der Waals surface area contributed by atoms with Crippen molar-refractivity contribution in [2.45, 2.75) is 31.6 Å². The molecule has 5 heteroatoms. The summed E-state index contributed by atoms with van der Waals surface area (Å²) in [5.41, 5.74) is 3.45. The Labute approximate surface area is 151 Å². The topological polar surface area (TPSA) is 42.0 Å². The van der Waals surface area contributed by atoms with Crippen molar-refractivity contribution in [3.05, 3.63) is 57.8 Å². The molecule has 3 nitrogen and oxygen atoms in total. The average molecular weight is 361 g/mol. The molecule has 1 fully saturated rings. The van der Waals surface area contributed by atoms with Gasteiger partial charge in [-0.05, 0) is 72.9 Å². The number of fused-ring (bicyclic) bond motifs is 4. The fraction of sp³-hybridized carbons (Fsp3) is 0.368. The van der Waals surface area contributed by atoms with E-state index in [-0.39, 0.29) is 11.8 Å². The Morgan fingerprint density at radius 1 is 1.12 bits per heavy atom. The highest BCUT2D eigenvalue weighted by Gasteiger charge is 2.37. The van der Waals surface area contributed by atoms with E-state index >= 15 is 0 Å². The molecule has 2 aromatic rings. The van der Waals surface area contributed by atoms with Gasteiger partial charge >= 0.3 is 0 Å². The highest BCUT2D eigenvalue weighted by atomic mass is 35.5. The van der Waals surface area contributed by atoms with Crippen LogP contribution in [0.1, 0.15) is 36.3 Å². The van der Waals surface area contributed by atoms with Crippen LogP contribution in [0.15, 0.2) is 36.7 Å². The molecule has 0 spiro atoms. The molecule has 1 aromatic heterocycles. The zero-order chi connectivity index (χ0) is 16.7. The maximum absolute atomic E-state index is 12.7. The van der Waals surface area contributed by atoms with E-state index in [0.29, 0.717) is 27.6 Å². The molecular weight excluding hydrogens is 343 g/mol. The number of anilines is 1. The highest BCUT2D eigenvalue weighted by Crippen LogP contribution is 2.46. The summed E-state index contributed by atoms with van der Waals surface area (Å²) in [5.74, 6) is 1.15. The lowest BCUT2D eigenvalue weighted by molar-refractivity contribution is -0.121. The van der Waals surface area contributed by atoms with Gasteiger partial charge in [0.15, 0.2) is 0 Å². The van der Waals surface area contributed by atoms with E-state index in [2.05, 4.69) is 16.4 Å². The van der Waals surface area contributed by atoms with Gasteiger partial charge in [-0.15, -0.1) is 0 Å². The monoisotopic (exact) mass is 360 g/mol. The Morgan fingerprint density at radius 3 is 2.83 bits per heavy atom. The molecule has 0 saturated heterocycles. The molecule has 1 saturated carbocycles. The van der Waals surface area contributed by atoms with Gasteiger partial charge in [-0.25, -0.2) is 0 Å². The van der Waals surface area contributed by atoms with E-state index < -0.39 is 0 Å². The van der Waals surface area contributed by atoms with Crippen LogP contribution in [-0.4, -0.2) is 10.9 Å². The normalized spacial score (nSPS) is 25.0. The number of rotatable bonds is 2. The maximum Gasteiger partial charge on any atom is 0.227 e. The summed E-state index contributed by atoms with van der Waals surface area (Å²) >= 11 is 12.0. The first-order valence-corrected chi connectivity index (χ1v) is 9.04. The van der Waals surface area contributed by atoms with Crippen LogP contribution in [0.2, 0.25) is 10.0 Å². The third-order valence-electron chi connectivity index (χ3n) is 5.26. The predicted molar refractivity (Wildman–Crippen MR) is 96.6 cm³/mol. The number of carbonyl (C=O) groups is 1. The van der Waals surface area contributed by atoms with Crippen LogP contribution in [-0.2, 0) is 11.2 Å². The van der Waals surface area contributed by atoms with Crippen LogP contribution in [0.4, 0.5) is 5.69 Å². The molecule has 1 unspecified atom stereocenters. The van der Waals surface area contributed by atoms with E-state index in [9.17, 15) is 4.79 Å². The quantitative estimate of drug-likeness (QED) is 0.810. The van der Waals surface area contributed by atoms with Crippen LogP contribution in [0.3, 0.4) is 0 Å². The second-order valence-corrected chi connectivity index (χ2v) is 7.68. The summed E-state index contributed by atoms with van der Waals surface area (Å²) in [7, 11) is 0. The number of nitrogens with zero attached hydrogens (tertiary/aromatic N) is 1. The molecule has 124 valence electrons. The van der Waals surface area contributed by atoms with Crippen molar-refractivity contribution >= 4 is 34.8 Å². The zero-order valence-corrected chi connectivity index (χ0v) is 14.6. The largest absolute Gasteiger partial charge is 0.326 e. The number of hydrogen-bond acceptors (Lipinski definition) is 2. The summed E-state index contributed by atoms with van der Waals surface area (Å²) in [4.78, 5) is 17.0. The number of carbonyl (C=O) groups excluding carboxylic acids is 1. The van der Waals surface area contributed by atoms with Gasteiger partial charge in [0.1, 0.15) is 0 Å². The van der Waals surface area contributed by atoms with Crippen molar-refractivity contribution in [1.82, 2.24) is 4.98 Å². The molecule has 2 aliphatic rings. The summed E-state index contributed by atoms with van der Waals surface area (Å²) in [6, 6.07) is 7.32. The number of amides is 1. The first kappa shape index (κ1) is 15.9. The smallest absolute Gasteiger partial charge is 0.227 e. The fourth-order valence-electron chi connectivity index (χ4n) is 4.19. The van der Waals surface area contributed by atoms with Crippen LogP contribution < -0.4 is 5.32 Å². The number of nitrogens with one attached hydrogen (secondary N) is 1. The summed E-state index contributed by atoms with van der Waals surface area (Å²) in [6.07, 6.45) is 7.93. The van der Waals surface area contributed by atoms with Crippen molar-refractivity contribution in [3.63, 3.8) is 0 Å². The zero-order valence-electron chi connectivity index (χ0n) is 13.1. The lowest BCUT2D eigenvalue weighted by atomic mass is 9.66. The number of hydrogen-bond donors (Lipinski definition) is 1. The summed E-state index contributed by atoms with van der Waals surface area (Å²) in [5, 5.41) is 3.94. The van der Waals surface area contributed by atoms with Crippen molar-refractivity contribution in [3.8, 4) is 0 Å². The molecular formula is C19H18Cl2N2O. The Bertz CT molecular complexity index is 793. The maximum atomic E-state index is 12.7. The van der Waals surface area contributed by atoms with E-state index in [1.54, 1.807) is 18.2 Å². The second kappa shape index (κ2) is 6.38. The SMILES string of the molecule is O=C(Nc1ccc(Cl)c(Cl)c1)C1C[C@@H]2Cc3ccncc3[C@H](C1)C2. The van der Waals surface area contributed by atoms with Gasteiger partial charge in [0.2, 0.25) is 5.91 Å². The lowest BCUT2D eigenvalue weighted by Crippen LogP contribution is -2.34. The number of aromatic nitrogens is 1. The first-order chi connectivity index (χ1) is 11.6. The Hall–Kier alpha value is -1.58. The van der Waals surface area contributed by atoms with Crippen molar-refractivity contribution in [1.29, 1.82) is 0 Å². The molecule has 24 heavy (non-hydrogen) atoms. The van der Waals surface area contributed by atoms with E-state index in [4.69, 9.17) is 23.2 Å². The first-order valence-electron chi connectivity index (χ1n) is 8.29. The number of halogens is 2. The second-order valence-electron chi connectivity index (χ2n) is 6.86. The Kier molecular flexibility index (Phi) is 4.23. The van der Waals surface area contributed by atoms with Crippen molar-refractivity contribution in [2.24, 2.45) is 11.8 Å². The van der Waals surface area contributed by atoms with Gasteiger partial charge in [-0.1, -0.05) is 23.2 Å². The van der Waals surface area contributed by atoms with Gasteiger partial charge in [-0.2, -0.15) is 0 Å². The molecule has 0 radical (unpaired) electrons. The van der Waals surface area contributed by atoms with E-state index in [1.807, 2.05) is 12.4 Å².